The average molecular weight is 222 g/mol. The minimum absolute atomic E-state index is 0.0678. The van der Waals surface area contributed by atoms with Crippen LogP contribution in [0.25, 0.3) is 0 Å². The summed E-state index contributed by atoms with van der Waals surface area (Å²) in [6, 6.07) is 0. The quantitative estimate of drug-likeness (QED) is 0.724. The number of hydrogen-bond acceptors (Lipinski definition) is 2. The summed E-state index contributed by atoms with van der Waals surface area (Å²) in [5.41, 5.74) is 3.29. The summed E-state index contributed by atoms with van der Waals surface area (Å²) in [5.74, 6) is 2.87. The fraction of sp³-hybridized carbons (Fsp3) is 0.923. The fourth-order valence-electron chi connectivity index (χ4n) is 4.83. The molecular formula is C13H22N2O. The molecule has 90 valence electrons. The number of rotatable bonds is 2. The normalized spacial score (nSPS) is 45.1. The van der Waals surface area contributed by atoms with Gasteiger partial charge in [0.1, 0.15) is 0 Å². The Morgan fingerprint density at radius 3 is 1.94 bits per heavy atom. The van der Waals surface area contributed by atoms with Crippen molar-refractivity contribution in [1.82, 2.24) is 10.4 Å². The van der Waals surface area contributed by atoms with Crippen molar-refractivity contribution < 1.29 is 4.79 Å². The molecule has 0 spiro atoms. The second-order valence-corrected chi connectivity index (χ2v) is 6.37. The van der Waals surface area contributed by atoms with Crippen molar-refractivity contribution in [2.45, 2.75) is 51.0 Å². The molecule has 4 aliphatic carbocycles. The van der Waals surface area contributed by atoms with Crippen molar-refractivity contribution in [2.75, 3.05) is 7.05 Å². The molecule has 0 aromatic rings. The Balaban J connectivity index is 1.80. The van der Waals surface area contributed by atoms with E-state index in [9.17, 15) is 4.79 Å². The molecule has 0 atom stereocenters. The van der Waals surface area contributed by atoms with Crippen LogP contribution >= 0.6 is 0 Å². The second-order valence-electron chi connectivity index (χ2n) is 6.37. The van der Waals surface area contributed by atoms with E-state index in [1.807, 2.05) is 0 Å². The Bertz CT molecular complexity index is 278. The van der Waals surface area contributed by atoms with Crippen LogP contribution in [0.3, 0.4) is 0 Å². The van der Waals surface area contributed by atoms with Gasteiger partial charge in [0.25, 0.3) is 0 Å². The third kappa shape index (κ3) is 1.56. The van der Waals surface area contributed by atoms with Crippen molar-refractivity contribution in [3.63, 3.8) is 0 Å². The van der Waals surface area contributed by atoms with Gasteiger partial charge in [0.15, 0.2) is 0 Å². The molecule has 1 N–H and O–H groups in total. The first kappa shape index (κ1) is 10.6. The van der Waals surface area contributed by atoms with Crippen LogP contribution in [0.1, 0.15) is 45.4 Å². The lowest BCUT2D eigenvalue weighted by Crippen LogP contribution is -2.63. The Kier molecular flexibility index (Phi) is 2.29. The summed E-state index contributed by atoms with van der Waals surface area (Å²) in [7, 11) is 2.06. The van der Waals surface area contributed by atoms with Crippen LogP contribution in [0, 0.1) is 17.8 Å². The van der Waals surface area contributed by atoms with Crippen molar-refractivity contribution >= 4 is 5.91 Å². The van der Waals surface area contributed by atoms with Gasteiger partial charge in [0.2, 0.25) is 5.91 Å². The van der Waals surface area contributed by atoms with Crippen LogP contribution in [0.2, 0.25) is 0 Å². The van der Waals surface area contributed by atoms with Crippen LogP contribution in [-0.4, -0.2) is 23.5 Å². The van der Waals surface area contributed by atoms with Crippen LogP contribution in [0.5, 0.6) is 0 Å². The van der Waals surface area contributed by atoms with Gasteiger partial charge in [-0.15, -0.1) is 0 Å². The highest BCUT2D eigenvalue weighted by Crippen LogP contribution is 2.57. The smallest absolute Gasteiger partial charge is 0.231 e. The number of carbonyl (C=O) groups excluding carboxylic acids is 1. The minimum atomic E-state index is 0.0678. The lowest BCUT2D eigenvalue weighted by molar-refractivity contribution is -0.136. The third-order valence-corrected chi connectivity index (χ3v) is 5.04. The highest BCUT2D eigenvalue weighted by atomic mass is 16.2. The summed E-state index contributed by atoms with van der Waals surface area (Å²) in [6.07, 6.45) is 8.26. The highest BCUT2D eigenvalue weighted by molar-refractivity contribution is 5.72. The SMILES string of the molecule is CC(=O)NN(C)C12CC3CC(CC(C3)C1)C2. The maximum atomic E-state index is 11.2. The van der Waals surface area contributed by atoms with Crippen molar-refractivity contribution in [1.29, 1.82) is 0 Å². The summed E-state index contributed by atoms with van der Waals surface area (Å²) in [4.78, 5) is 11.2. The predicted octanol–water partition coefficient (Wildman–Crippen LogP) is 1.94. The van der Waals surface area contributed by atoms with Gasteiger partial charge in [0.05, 0.1) is 0 Å². The lowest BCUT2D eigenvalue weighted by Gasteiger charge is -2.59. The largest absolute Gasteiger partial charge is 0.289 e. The third-order valence-electron chi connectivity index (χ3n) is 5.04. The van der Waals surface area contributed by atoms with Gasteiger partial charge in [-0.3, -0.25) is 10.2 Å². The van der Waals surface area contributed by atoms with Gasteiger partial charge < -0.3 is 0 Å². The number of hydrazine groups is 1. The molecule has 16 heavy (non-hydrogen) atoms. The molecule has 4 aliphatic rings. The van der Waals surface area contributed by atoms with Crippen molar-refractivity contribution in [3.8, 4) is 0 Å². The molecule has 0 aromatic heterocycles. The monoisotopic (exact) mass is 222 g/mol. The molecule has 3 nitrogen and oxygen atoms in total. The Labute approximate surface area is 97.5 Å². The zero-order chi connectivity index (χ0) is 11.3. The Hall–Kier alpha value is -0.570. The molecule has 4 bridgehead atoms. The van der Waals surface area contributed by atoms with Gasteiger partial charge in [-0.05, 0) is 56.3 Å². The number of amides is 1. The molecule has 0 heterocycles. The molecule has 0 aliphatic heterocycles. The summed E-state index contributed by atoms with van der Waals surface area (Å²) in [5, 5.41) is 2.14. The summed E-state index contributed by atoms with van der Waals surface area (Å²) < 4.78 is 0. The fourth-order valence-corrected chi connectivity index (χ4v) is 4.83. The summed E-state index contributed by atoms with van der Waals surface area (Å²) >= 11 is 0. The van der Waals surface area contributed by atoms with E-state index in [-0.39, 0.29) is 5.91 Å². The highest BCUT2D eigenvalue weighted by Gasteiger charge is 2.53. The van der Waals surface area contributed by atoms with E-state index in [1.54, 1.807) is 6.92 Å². The molecule has 0 radical (unpaired) electrons. The van der Waals surface area contributed by atoms with E-state index < -0.39 is 0 Å². The number of hydrogen-bond donors (Lipinski definition) is 1. The van der Waals surface area contributed by atoms with E-state index in [0.717, 1.165) is 17.8 Å². The maximum Gasteiger partial charge on any atom is 0.231 e. The van der Waals surface area contributed by atoms with E-state index in [2.05, 4.69) is 17.5 Å². The zero-order valence-electron chi connectivity index (χ0n) is 10.3. The molecule has 0 saturated heterocycles. The predicted molar refractivity (Wildman–Crippen MR) is 62.5 cm³/mol. The first-order valence-electron chi connectivity index (χ1n) is 6.58. The molecule has 4 rings (SSSR count). The van der Waals surface area contributed by atoms with Gasteiger partial charge in [-0.2, -0.15) is 0 Å². The second kappa shape index (κ2) is 3.46. The first-order chi connectivity index (χ1) is 7.57. The molecule has 4 saturated carbocycles. The van der Waals surface area contributed by atoms with Gasteiger partial charge in [-0.1, -0.05) is 0 Å². The maximum absolute atomic E-state index is 11.2. The number of nitrogens with zero attached hydrogens (tertiary/aromatic N) is 1. The lowest BCUT2D eigenvalue weighted by atomic mass is 9.53. The van der Waals surface area contributed by atoms with E-state index in [4.69, 9.17) is 0 Å². The van der Waals surface area contributed by atoms with Crippen molar-refractivity contribution in [3.05, 3.63) is 0 Å². The Morgan fingerprint density at radius 1 is 1.12 bits per heavy atom. The van der Waals surface area contributed by atoms with Crippen LogP contribution in [-0.2, 0) is 4.79 Å². The summed E-state index contributed by atoms with van der Waals surface area (Å²) in [6.45, 7) is 1.61. The average Bonchev–Trinajstić information content (AvgIpc) is 2.13. The zero-order valence-corrected chi connectivity index (χ0v) is 10.3. The van der Waals surface area contributed by atoms with E-state index >= 15 is 0 Å². The molecule has 4 fully saturated rings. The van der Waals surface area contributed by atoms with E-state index in [1.165, 1.54) is 38.5 Å². The minimum Gasteiger partial charge on any atom is -0.289 e. The van der Waals surface area contributed by atoms with Gasteiger partial charge >= 0.3 is 0 Å². The number of nitrogens with one attached hydrogen (secondary N) is 1. The number of carbonyl (C=O) groups is 1. The standard InChI is InChI=1S/C13H22N2O/c1-9(16)14-15(2)13-6-10-3-11(7-13)5-12(4-10)8-13/h10-12H,3-8H2,1-2H3,(H,14,16). The Morgan fingerprint density at radius 2 is 1.56 bits per heavy atom. The van der Waals surface area contributed by atoms with Crippen LogP contribution in [0.4, 0.5) is 0 Å². The molecule has 1 amide bonds. The van der Waals surface area contributed by atoms with Crippen molar-refractivity contribution in [2.24, 2.45) is 17.8 Å². The topological polar surface area (TPSA) is 32.3 Å². The van der Waals surface area contributed by atoms with Gasteiger partial charge in [0, 0.05) is 19.5 Å². The molecule has 3 heteroatoms. The van der Waals surface area contributed by atoms with E-state index in [0.29, 0.717) is 5.54 Å². The molecule has 0 aromatic carbocycles. The van der Waals surface area contributed by atoms with Crippen LogP contribution in [0.15, 0.2) is 0 Å². The molecule has 0 unspecified atom stereocenters. The molecular weight excluding hydrogens is 200 g/mol. The van der Waals surface area contributed by atoms with Gasteiger partial charge in [-0.25, -0.2) is 5.01 Å². The van der Waals surface area contributed by atoms with Crippen LogP contribution < -0.4 is 5.43 Å². The first-order valence-corrected chi connectivity index (χ1v) is 6.58.